The molecule has 0 fully saturated rings. The predicted molar refractivity (Wildman–Crippen MR) is 181 cm³/mol. The van der Waals surface area contributed by atoms with E-state index in [1.165, 1.54) is 6.07 Å². The van der Waals surface area contributed by atoms with Crippen LogP contribution in [0.25, 0.3) is 42.8 Å². The Kier molecular flexibility index (Phi) is 8.09. The smallest absolute Gasteiger partial charge is 0.322 e. The molecule has 0 aliphatic carbocycles. The number of hydrogen-bond acceptors (Lipinski definition) is 8. The van der Waals surface area contributed by atoms with Crippen molar-refractivity contribution in [1.29, 1.82) is 0 Å². The summed E-state index contributed by atoms with van der Waals surface area (Å²) in [6, 6.07) is 12.4. The van der Waals surface area contributed by atoms with Crippen molar-refractivity contribution in [3.8, 4) is 44.5 Å². The molecule has 0 radical (unpaired) electrons. The van der Waals surface area contributed by atoms with Crippen molar-refractivity contribution < 1.29 is 13.9 Å². The topological polar surface area (TPSA) is 121 Å². The molecule has 2 aromatic carbocycles. The molecule has 9 nitrogen and oxygen atoms in total. The minimum absolute atomic E-state index is 0.00268. The highest BCUT2D eigenvalue weighted by Crippen LogP contribution is 2.50. The van der Waals surface area contributed by atoms with Crippen LogP contribution in [0.3, 0.4) is 0 Å². The zero-order chi connectivity index (χ0) is 32.7. The minimum atomic E-state index is -0.580. The van der Waals surface area contributed by atoms with E-state index >= 15 is 4.39 Å². The maximum Gasteiger partial charge on any atom is 0.322 e. The van der Waals surface area contributed by atoms with Gasteiger partial charge in [0, 0.05) is 73.2 Å². The summed E-state index contributed by atoms with van der Waals surface area (Å²) in [4.78, 5) is 26.1. The Morgan fingerprint density at radius 2 is 1.87 bits per heavy atom. The van der Waals surface area contributed by atoms with Crippen molar-refractivity contribution in [2.75, 3.05) is 11.1 Å². The number of aryl methyl sites for hydroxylation is 2. The average molecular weight is 634 g/mol. The van der Waals surface area contributed by atoms with Crippen LogP contribution in [-0.4, -0.2) is 30.6 Å². The number of ether oxygens (including phenoxy) is 1. The quantitative estimate of drug-likeness (QED) is 0.161. The van der Waals surface area contributed by atoms with E-state index in [0.717, 1.165) is 37.4 Å². The fourth-order valence-electron chi connectivity index (χ4n) is 5.10. The molecule has 3 N–H and O–H groups in total. The van der Waals surface area contributed by atoms with Gasteiger partial charge in [0.25, 0.3) is 5.91 Å². The summed E-state index contributed by atoms with van der Waals surface area (Å²) in [6.45, 7) is 13.3. The van der Waals surface area contributed by atoms with Gasteiger partial charge in [-0.3, -0.25) is 9.48 Å². The van der Waals surface area contributed by atoms with Gasteiger partial charge in [0.2, 0.25) is 0 Å². The summed E-state index contributed by atoms with van der Waals surface area (Å²) in [5, 5.41) is 8.12. The lowest BCUT2D eigenvalue weighted by molar-refractivity contribution is -0.112. The number of amides is 1. The van der Waals surface area contributed by atoms with Gasteiger partial charge >= 0.3 is 6.01 Å². The van der Waals surface area contributed by atoms with Crippen LogP contribution in [0, 0.1) is 19.7 Å². The lowest BCUT2D eigenvalue weighted by atomic mass is 9.95. The van der Waals surface area contributed by atoms with Gasteiger partial charge in [-0.1, -0.05) is 18.7 Å². The summed E-state index contributed by atoms with van der Waals surface area (Å²) >= 11 is 1.55. The lowest BCUT2D eigenvalue weighted by Crippen LogP contribution is -2.11. The molecule has 0 saturated carbocycles. The molecule has 4 aromatic heterocycles. The van der Waals surface area contributed by atoms with Crippen LogP contribution in [0.4, 0.5) is 15.9 Å². The number of rotatable bonds is 8. The van der Waals surface area contributed by atoms with Gasteiger partial charge in [-0.2, -0.15) is 5.10 Å². The predicted octanol–water partition coefficient (Wildman–Crippen LogP) is 8.51. The molecule has 0 unspecified atom stereocenters. The van der Waals surface area contributed by atoms with Crippen LogP contribution in [0.1, 0.15) is 38.1 Å². The van der Waals surface area contributed by atoms with Gasteiger partial charge in [0.1, 0.15) is 5.82 Å². The van der Waals surface area contributed by atoms with E-state index in [4.69, 9.17) is 10.5 Å². The highest BCUT2D eigenvalue weighted by atomic mass is 32.1. The number of carbonyl (C=O) groups excluding carboxylic acids is 1. The van der Waals surface area contributed by atoms with Crippen molar-refractivity contribution in [1.82, 2.24) is 24.7 Å². The Morgan fingerprint density at radius 3 is 2.54 bits per heavy atom. The summed E-state index contributed by atoms with van der Waals surface area (Å²) < 4.78 is 24.2. The highest BCUT2D eigenvalue weighted by molar-refractivity contribution is 7.23. The van der Waals surface area contributed by atoms with E-state index in [-0.39, 0.29) is 23.7 Å². The first kappa shape index (κ1) is 30.6. The van der Waals surface area contributed by atoms with E-state index in [9.17, 15) is 4.79 Å². The lowest BCUT2D eigenvalue weighted by Gasteiger charge is -2.13. The van der Waals surface area contributed by atoms with Crippen LogP contribution in [0.2, 0.25) is 0 Å². The van der Waals surface area contributed by atoms with Crippen molar-refractivity contribution >= 4 is 38.8 Å². The summed E-state index contributed by atoms with van der Waals surface area (Å²) in [5.41, 5.74) is 13.3. The second-order valence-electron chi connectivity index (χ2n) is 11.4. The van der Waals surface area contributed by atoms with Gasteiger partial charge in [0.15, 0.2) is 11.6 Å². The zero-order valence-corrected chi connectivity index (χ0v) is 26.9. The third-order valence-corrected chi connectivity index (χ3v) is 8.75. The second kappa shape index (κ2) is 12.2. The van der Waals surface area contributed by atoms with Gasteiger partial charge < -0.3 is 15.8 Å². The number of pyridine rings is 1. The molecule has 1 amide bonds. The average Bonchev–Trinajstić information content (AvgIpc) is 3.65. The molecule has 11 heteroatoms. The van der Waals surface area contributed by atoms with Gasteiger partial charge in [-0.15, -0.1) is 11.3 Å². The van der Waals surface area contributed by atoms with Crippen molar-refractivity contribution in [2.45, 2.75) is 40.7 Å². The monoisotopic (exact) mass is 633 g/mol. The number of nitrogen functional groups attached to an aromatic ring is 1. The Labute approximate surface area is 269 Å². The first-order chi connectivity index (χ1) is 22.0. The van der Waals surface area contributed by atoms with E-state index < -0.39 is 5.82 Å². The number of fused-ring (bicyclic) bond motifs is 1. The fraction of sp³-hybridized carbons (Fsp3) is 0.171. The van der Waals surface area contributed by atoms with Crippen LogP contribution < -0.4 is 15.8 Å². The number of benzene rings is 2. The molecule has 6 aromatic rings. The standard InChI is InChI=1S/C35H32FN7O2S/c1-18(2)34(44)42-24-8-9-25(20(5)13-24)31-29(22-7-10-28(27(36)14-22)45-35-38-12-11-21(6)41-35)30-32(46-31)26(16-39-33(30)37)23-15-40-43(17-23)19(3)4/h7-17,19H,1H2,2-6H3,(H2,37,39)(H,42,44). The summed E-state index contributed by atoms with van der Waals surface area (Å²) in [6.07, 6.45) is 7.12. The number of nitrogens with zero attached hydrogens (tertiary/aromatic N) is 5. The first-order valence-electron chi connectivity index (χ1n) is 14.6. The zero-order valence-electron chi connectivity index (χ0n) is 26.1. The number of hydrogen-bond donors (Lipinski definition) is 2. The van der Waals surface area contributed by atoms with Crippen LogP contribution in [0.5, 0.6) is 11.8 Å². The summed E-state index contributed by atoms with van der Waals surface area (Å²) in [5.74, 6) is -0.515. The first-order valence-corrected chi connectivity index (χ1v) is 15.4. The third kappa shape index (κ3) is 5.84. The van der Waals surface area contributed by atoms with Crippen molar-refractivity contribution in [3.63, 3.8) is 0 Å². The second-order valence-corrected chi connectivity index (χ2v) is 12.4. The number of thiophene rings is 1. The minimum Gasteiger partial charge on any atom is -0.421 e. The molecule has 0 aliphatic rings. The number of nitrogens with one attached hydrogen (secondary N) is 1. The Bertz CT molecular complexity index is 2150. The van der Waals surface area contributed by atoms with Gasteiger partial charge in [0.05, 0.1) is 6.20 Å². The maximum atomic E-state index is 15.7. The molecule has 4 heterocycles. The number of nitrogens with two attached hydrogens (primary N) is 1. The van der Waals surface area contributed by atoms with E-state index in [0.29, 0.717) is 33.7 Å². The molecule has 0 atom stereocenters. The van der Waals surface area contributed by atoms with Gasteiger partial charge in [-0.05, 0) is 81.6 Å². The number of halogens is 1. The Balaban J connectivity index is 1.54. The molecular formula is C35H32FN7O2S. The molecule has 0 bridgehead atoms. The van der Waals surface area contributed by atoms with Crippen molar-refractivity contribution in [2.24, 2.45) is 0 Å². The third-order valence-electron chi connectivity index (χ3n) is 7.49. The van der Waals surface area contributed by atoms with Crippen LogP contribution in [-0.2, 0) is 4.79 Å². The number of aromatic nitrogens is 5. The van der Waals surface area contributed by atoms with Gasteiger partial charge in [-0.25, -0.2) is 19.3 Å². The summed E-state index contributed by atoms with van der Waals surface area (Å²) in [7, 11) is 0. The van der Waals surface area contributed by atoms with Crippen LogP contribution >= 0.6 is 11.3 Å². The molecule has 0 aliphatic heterocycles. The maximum absolute atomic E-state index is 15.7. The molecule has 0 saturated heterocycles. The molecule has 46 heavy (non-hydrogen) atoms. The van der Waals surface area contributed by atoms with E-state index in [2.05, 4.69) is 45.8 Å². The number of carbonyl (C=O) groups is 1. The molecule has 6 rings (SSSR count). The van der Waals surface area contributed by atoms with Crippen LogP contribution in [0.15, 0.2) is 79.4 Å². The largest absolute Gasteiger partial charge is 0.421 e. The van der Waals surface area contributed by atoms with Crippen molar-refractivity contribution in [3.05, 3.63) is 96.5 Å². The Morgan fingerprint density at radius 1 is 1.07 bits per heavy atom. The molecule has 232 valence electrons. The highest BCUT2D eigenvalue weighted by Gasteiger charge is 2.24. The number of anilines is 2. The van der Waals surface area contributed by atoms with E-state index in [1.807, 2.05) is 42.2 Å². The fourth-order valence-corrected chi connectivity index (χ4v) is 6.55. The van der Waals surface area contributed by atoms with E-state index in [1.54, 1.807) is 55.8 Å². The molecule has 0 spiro atoms. The normalized spacial score (nSPS) is 11.3. The molecular weight excluding hydrogens is 601 g/mol. The Hall–Kier alpha value is -5.42. The SMILES string of the molecule is C=C(C)C(=O)Nc1ccc(-c2sc3c(-c4cnn(C(C)C)c4)cnc(N)c3c2-c2ccc(Oc3nccc(C)n3)c(F)c2)c(C)c1.